The predicted octanol–water partition coefficient (Wildman–Crippen LogP) is 1.09. The largest absolute Gasteiger partial charge is 0.335 e. The Bertz CT molecular complexity index is 372. The Morgan fingerprint density at radius 1 is 1.29 bits per heavy atom. The van der Waals surface area contributed by atoms with Crippen molar-refractivity contribution in [3.8, 4) is 0 Å². The second-order valence-corrected chi connectivity index (χ2v) is 3.17. The first-order valence-electron chi connectivity index (χ1n) is 4.47. The molecule has 0 saturated heterocycles. The zero-order valence-corrected chi connectivity index (χ0v) is 7.82. The molecule has 72 valence electrons. The number of hydrogen-bond donors (Lipinski definition) is 2. The Hall–Kier alpha value is -1.84. The van der Waals surface area contributed by atoms with Gasteiger partial charge in [0.2, 0.25) is 0 Å². The quantitative estimate of drug-likeness (QED) is 0.682. The summed E-state index contributed by atoms with van der Waals surface area (Å²) in [5.74, 6) is 0. The third kappa shape index (κ3) is 1.59. The number of benzene rings is 1. The van der Waals surface area contributed by atoms with E-state index in [2.05, 4.69) is 15.8 Å². The molecule has 0 aliphatic carbocycles. The first-order chi connectivity index (χ1) is 6.77. The molecule has 0 fully saturated rings. The minimum Gasteiger partial charge on any atom is -0.328 e. The van der Waals surface area contributed by atoms with E-state index < -0.39 is 0 Å². The summed E-state index contributed by atoms with van der Waals surface area (Å²) in [6, 6.07) is 9.47. The Morgan fingerprint density at radius 3 is 2.64 bits per heavy atom. The van der Waals surface area contributed by atoms with E-state index in [0.29, 0.717) is 0 Å². The second kappa shape index (κ2) is 3.49. The van der Waals surface area contributed by atoms with Crippen molar-refractivity contribution >= 4 is 11.7 Å². The van der Waals surface area contributed by atoms with Gasteiger partial charge in [0.1, 0.15) is 0 Å². The molecule has 4 nitrogen and oxygen atoms in total. The highest BCUT2D eigenvalue weighted by atomic mass is 16.2. The molecule has 1 aliphatic rings. The molecule has 0 saturated carbocycles. The maximum atomic E-state index is 10.9. The van der Waals surface area contributed by atoms with Gasteiger partial charge in [0.25, 0.3) is 0 Å². The summed E-state index contributed by atoms with van der Waals surface area (Å²) >= 11 is 0. The third-order valence-electron chi connectivity index (χ3n) is 2.11. The standard InChI is InChI=1S/C10H11N3O/c1-7-9(12-13-10(14)11-7)8-5-3-2-4-6-8/h2-7H,1H3,(H2,11,13,14). The van der Waals surface area contributed by atoms with Crippen molar-refractivity contribution < 1.29 is 4.79 Å². The maximum Gasteiger partial charge on any atom is 0.335 e. The van der Waals surface area contributed by atoms with Crippen LogP contribution in [0.1, 0.15) is 12.5 Å². The first-order valence-corrected chi connectivity index (χ1v) is 4.47. The van der Waals surface area contributed by atoms with Gasteiger partial charge in [0.15, 0.2) is 0 Å². The number of hydrogen-bond acceptors (Lipinski definition) is 2. The molecule has 1 aromatic carbocycles. The average Bonchev–Trinajstić information content (AvgIpc) is 2.19. The van der Waals surface area contributed by atoms with Crippen LogP contribution < -0.4 is 10.7 Å². The summed E-state index contributed by atoms with van der Waals surface area (Å²) in [7, 11) is 0. The predicted molar refractivity (Wildman–Crippen MR) is 54.1 cm³/mol. The molecule has 1 atom stereocenters. The van der Waals surface area contributed by atoms with Crippen LogP contribution in [0.4, 0.5) is 4.79 Å². The monoisotopic (exact) mass is 189 g/mol. The van der Waals surface area contributed by atoms with Crippen molar-refractivity contribution in [2.24, 2.45) is 5.10 Å². The van der Waals surface area contributed by atoms with Gasteiger partial charge < -0.3 is 5.32 Å². The zero-order valence-electron chi connectivity index (χ0n) is 7.82. The summed E-state index contributed by atoms with van der Waals surface area (Å²) in [6.45, 7) is 1.91. The van der Waals surface area contributed by atoms with Gasteiger partial charge in [-0.25, -0.2) is 10.2 Å². The maximum absolute atomic E-state index is 10.9. The summed E-state index contributed by atoms with van der Waals surface area (Å²) < 4.78 is 0. The van der Waals surface area contributed by atoms with Crippen LogP contribution in [0.15, 0.2) is 35.4 Å². The van der Waals surface area contributed by atoms with E-state index in [1.165, 1.54) is 0 Å². The minimum absolute atomic E-state index is 0.0499. The van der Waals surface area contributed by atoms with E-state index in [4.69, 9.17) is 0 Å². The van der Waals surface area contributed by atoms with Gasteiger partial charge in [0.05, 0.1) is 11.8 Å². The van der Waals surface area contributed by atoms with Crippen molar-refractivity contribution in [2.45, 2.75) is 13.0 Å². The Kier molecular flexibility index (Phi) is 2.18. The first kappa shape index (κ1) is 8.74. The average molecular weight is 189 g/mol. The number of nitrogens with one attached hydrogen (secondary N) is 2. The highest BCUT2D eigenvalue weighted by Gasteiger charge is 2.19. The molecule has 1 heterocycles. The van der Waals surface area contributed by atoms with Gasteiger partial charge in [0, 0.05) is 0 Å². The van der Waals surface area contributed by atoms with E-state index in [1.807, 2.05) is 37.3 Å². The lowest BCUT2D eigenvalue weighted by Crippen LogP contribution is -2.48. The lowest BCUT2D eigenvalue weighted by atomic mass is 10.0. The van der Waals surface area contributed by atoms with Crippen LogP contribution in [0.5, 0.6) is 0 Å². The van der Waals surface area contributed by atoms with Gasteiger partial charge in [-0.1, -0.05) is 30.3 Å². The Morgan fingerprint density at radius 2 is 2.00 bits per heavy atom. The molecule has 1 aromatic rings. The summed E-state index contributed by atoms with van der Waals surface area (Å²) in [4.78, 5) is 10.9. The smallest absolute Gasteiger partial charge is 0.328 e. The number of amides is 2. The van der Waals surface area contributed by atoms with Crippen LogP contribution in [0.3, 0.4) is 0 Å². The van der Waals surface area contributed by atoms with Crippen LogP contribution >= 0.6 is 0 Å². The summed E-state index contributed by atoms with van der Waals surface area (Å²) in [5.41, 5.74) is 4.27. The summed E-state index contributed by atoms with van der Waals surface area (Å²) in [5, 5.41) is 6.76. The molecule has 1 unspecified atom stereocenters. The number of nitrogens with zero attached hydrogens (tertiary/aromatic N) is 1. The van der Waals surface area contributed by atoms with Gasteiger partial charge in [-0.3, -0.25) is 0 Å². The highest BCUT2D eigenvalue weighted by molar-refractivity contribution is 6.07. The Balaban J connectivity index is 2.31. The number of carbonyl (C=O) groups excluding carboxylic acids is 1. The zero-order chi connectivity index (χ0) is 9.97. The van der Waals surface area contributed by atoms with Crippen LogP contribution in [-0.4, -0.2) is 17.8 Å². The number of hydrazone groups is 1. The van der Waals surface area contributed by atoms with Gasteiger partial charge in [-0.05, 0) is 12.5 Å². The van der Waals surface area contributed by atoms with Crippen LogP contribution in [0, 0.1) is 0 Å². The SMILES string of the molecule is CC1NC(=O)NN=C1c1ccccc1. The van der Waals surface area contributed by atoms with Crippen molar-refractivity contribution in [3.63, 3.8) is 0 Å². The van der Waals surface area contributed by atoms with E-state index in [0.717, 1.165) is 11.3 Å². The molecule has 14 heavy (non-hydrogen) atoms. The van der Waals surface area contributed by atoms with Gasteiger partial charge in [-0.15, -0.1) is 0 Å². The molecular formula is C10H11N3O. The lowest BCUT2D eigenvalue weighted by Gasteiger charge is -2.20. The van der Waals surface area contributed by atoms with Crippen molar-refractivity contribution in [1.29, 1.82) is 0 Å². The normalized spacial score (nSPS) is 20.8. The van der Waals surface area contributed by atoms with Crippen LogP contribution in [0.25, 0.3) is 0 Å². The fraction of sp³-hybridized carbons (Fsp3) is 0.200. The molecule has 0 radical (unpaired) electrons. The highest BCUT2D eigenvalue weighted by Crippen LogP contribution is 2.06. The third-order valence-corrected chi connectivity index (χ3v) is 2.11. The van der Waals surface area contributed by atoms with Crippen LogP contribution in [-0.2, 0) is 0 Å². The number of carbonyl (C=O) groups is 1. The fourth-order valence-corrected chi connectivity index (χ4v) is 1.43. The van der Waals surface area contributed by atoms with Gasteiger partial charge in [-0.2, -0.15) is 5.10 Å². The van der Waals surface area contributed by atoms with Crippen molar-refractivity contribution in [1.82, 2.24) is 10.7 Å². The van der Waals surface area contributed by atoms with E-state index >= 15 is 0 Å². The van der Waals surface area contributed by atoms with E-state index in [-0.39, 0.29) is 12.1 Å². The molecule has 0 aromatic heterocycles. The molecular weight excluding hydrogens is 178 g/mol. The molecule has 1 aliphatic heterocycles. The van der Waals surface area contributed by atoms with Crippen molar-refractivity contribution in [3.05, 3.63) is 35.9 Å². The molecule has 4 heteroatoms. The van der Waals surface area contributed by atoms with Crippen molar-refractivity contribution in [2.75, 3.05) is 0 Å². The van der Waals surface area contributed by atoms with Crippen LogP contribution in [0.2, 0.25) is 0 Å². The van der Waals surface area contributed by atoms with E-state index in [9.17, 15) is 4.79 Å². The fourth-order valence-electron chi connectivity index (χ4n) is 1.43. The topological polar surface area (TPSA) is 53.5 Å². The molecule has 0 bridgehead atoms. The molecule has 0 spiro atoms. The molecule has 2 N–H and O–H groups in total. The summed E-state index contributed by atoms with van der Waals surface area (Å²) in [6.07, 6.45) is 0. The van der Waals surface area contributed by atoms with E-state index in [1.54, 1.807) is 0 Å². The minimum atomic E-state index is -0.253. The molecule has 2 rings (SSSR count). The number of urea groups is 1. The second-order valence-electron chi connectivity index (χ2n) is 3.17. The number of rotatable bonds is 1. The Labute approximate surface area is 82.0 Å². The molecule has 2 amide bonds. The van der Waals surface area contributed by atoms with Gasteiger partial charge >= 0.3 is 6.03 Å². The lowest BCUT2D eigenvalue weighted by molar-refractivity contribution is 0.239.